The minimum Gasteiger partial charge on any atom is -0.481 e. The Morgan fingerprint density at radius 2 is 2.42 bits per heavy atom. The van der Waals surface area contributed by atoms with Crippen LogP contribution >= 0.6 is 0 Å². The number of rotatable bonds is 2. The molecule has 1 heterocycles. The van der Waals surface area contributed by atoms with Crippen LogP contribution < -0.4 is 0 Å². The van der Waals surface area contributed by atoms with Crippen molar-refractivity contribution in [2.75, 3.05) is 13.6 Å². The van der Waals surface area contributed by atoms with Crippen LogP contribution in [-0.2, 0) is 9.59 Å². The largest absolute Gasteiger partial charge is 0.481 e. The van der Waals surface area contributed by atoms with Crippen LogP contribution in [0.5, 0.6) is 0 Å². The number of carbonyl (C=O) groups excluding carboxylic acids is 1. The average Bonchev–Trinajstić information content (AvgIpc) is 1.98. The first-order valence-corrected chi connectivity index (χ1v) is 4.08. The van der Waals surface area contributed by atoms with E-state index in [0.29, 0.717) is 0 Å². The Balaban J connectivity index is 2.52. The predicted octanol–water partition coefficient (Wildman–Crippen LogP) is 0.330. The van der Waals surface area contributed by atoms with Crippen molar-refractivity contribution in [2.45, 2.75) is 19.3 Å². The Morgan fingerprint density at radius 3 is 3.00 bits per heavy atom. The lowest BCUT2D eigenvalue weighted by atomic mass is 9.94. The van der Waals surface area contributed by atoms with E-state index >= 15 is 0 Å². The molecule has 12 heavy (non-hydrogen) atoms. The molecule has 1 aliphatic heterocycles. The van der Waals surface area contributed by atoms with Crippen LogP contribution in [0.2, 0.25) is 0 Å². The van der Waals surface area contributed by atoms with Crippen LogP contribution in [0.15, 0.2) is 0 Å². The molecule has 1 atom stereocenters. The first kappa shape index (κ1) is 9.03. The molecule has 1 rings (SSSR count). The Hall–Kier alpha value is -1.06. The molecular formula is C8H13NO3. The summed E-state index contributed by atoms with van der Waals surface area (Å²) >= 11 is 0. The number of hydrogen-bond acceptors (Lipinski definition) is 2. The van der Waals surface area contributed by atoms with E-state index in [2.05, 4.69) is 0 Å². The summed E-state index contributed by atoms with van der Waals surface area (Å²) in [5, 5.41) is 8.50. The number of carboxylic acids is 1. The van der Waals surface area contributed by atoms with E-state index in [1.165, 1.54) is 0 Å². The number of likely N-dealkylation sites (tertiary alicyclic amines) is 1. The van der Waals surface area contributed by atoms with E-state index in [0.717, 1.165) is 19.4 Å². The first-order chi connectivity index (χ1) is 5.61. The SMILES string of the molecule is CN1CCC[C@H](CC(=O)O)C1=O. The minimum absolute atomic E-state index is 0.0244. The summed E-state index contributed by atoms with van der Waals surface area (Å²) in [5.74, 6) is -1.20. The Kier molecular flexibility index (Phi) is 2.68. The number of nitrogens with zero attached hydrogens (tertiary/aromatic N) is 1. The number of carbonyl (C=O) groups is 2. The standard InChI is InChI=1S/C8H13NO3/c1-9-4-2-3-6(8(9)12)5-7(10)11/h6H,2-5H2,1H3,(H,10,11)/t6-/m1/s1. The molecule has 1 aliphatic rings. The zero-order valence-electron chi connectivity index (χ0n) is 7.12. The highest BCUT2D eigenvalue weighted by atomic mass is 16.4. The molecule has 0 unspecified atom stereocenters. The van der Waals surface area contributed by atoms with Gasteiger partial charge in [0.2, 0.25) is 5.91 Å². The fourth-order valence-electron chi connectivity index (χ4n) is 1.52. The van der Waals surface area contributed by atoms with Crippen molar-refractivity contribution in [3.8, 4) is 0 Å². The molecule has 68 valence electrons. The second-order valence-corrected chi connectivity index (χ2v) is 3.20. The number of piperidine rings is 1. The van der Waals surface area contributed by atoms with Crippen LogP contribution in [0, 0.1) is 5.92 Å². The third kappa shape index (κ3) is 1.96. The van der Waals surface area contributed by atoms with Gasteiger partial charge in [-0.3, -0.25) is 9.59 Å². The molecule has 1 amide bonds. The summed E-state index contributed by atoms with van der Waals surface area (Å²) in [6.45, 7) is 0.759. The van der Waals surface area contributed by atoms with Crippen molar-refractivity contribution in [3.05, 3.63) is 0 Å². The molecule has 0 aromatic carbocycles. The van der Waals surface area contributed by atoms with Gasteiger partial charge in [0.05, 0.1) is 6.42 Å². The van der Waals surface area contributed by atoms with Gasteiger partial charge in [-0.1, -0.05) is 0 Å². The monoisotopic (exact) mass is 171 g/mol. The lowest BCUT2D eigenvalue weighted by molar-refractivity contribution is -0.145. The van der Waals surface area contributed by atoms with E-state index in [1.807, 2.05) is 0 Å². The maximum Gasteiger partial charge on any atom is 0.304 e. The van der Waals surface area contributed by atoms with E-state index < -0.39 is 5.97 Å². The van der Waals surface area contributed by atoms with Crippen molar-refractivity contribution < 1.29 is 14.7 Å². The van der Waals surface area contributed by atoms with Gasteiger partial charge < -0.3 is 10.0 Å². The highest BCUT2D eigenvalue weighted by Crippen LogP contribution is 2.19. The topological polar surface area (TPSA) is 57.6 Å². The summed E-state index contributed by atoms with van der Waals surface area (Å²) in [6.07, 6.45) is 1.61. The zero-order valence-corrected chi connectivity index (χ0v) is 7.12. The first-order valence-electron chi connectivity index (χ1n) is 4.08. The summed E-state index contributed by atoms with van der Waals surface area (Å²) in [5.41, 5.74) is 0. The second kappa shape index (κ2) is 3.56. The molecule has 1 fully saturated rings. The van der Waals surface area contributed by atoms with Crippen LogP contribution in [0.25, 0.3) is 0 Å². The second-order valence-electron chi connectivity index (χ2n) is 3.20. The maximum atomic E-state index is 11.3. The van der Waals surface area contributed by atoms with Crippen LogP contribution in [0.4, 0.5) is 0 Å². The predicted molar refractivity (Wildman–Crippen MR) is 42.6 cm³/mol. The highest BCUT2D eigenvalue weighted by molar-refractivity contribution is 5.83. The van der Waals surface area contributed by atoms with Crippen LogP contribution in [0.1, 0.15) is 19.3 Å². The van der Waals surface area contributed by atoms with E-state index in [-0.39, 0.29) is 18.2 Å². The van der Waals surface area contributed by atoms with Gasteiger partial charge in [-0.25, -0.2) is 0 Å². The highest BCUT2D eigenvalue weighted by Gasteiger charge is 2.27. The number of aliphatic carboxylic acids is 1. The van der Waals surface area contributed by atoms with Gasteiger partial charge >= 0.3 is 5.97 Å². The minimum atomic E-state index is -0.886. The summed E-state index contributed by atoms with van der Waals surface area (Å²) < 4.78 is 0. The Morgan fingerprint density at radius 1 is 1.75 bits per heavy atom. The van der Waals surface area contributed by atoms with Crippen molar-refractivity contribution in [1.82, 2.24) is 4.90 Å². The maximum absolute atomic E-state index is 11.3. The smallest absolute Gasteiger partial charge is 0.304 e. The molecule has 4 nitrogen and oxygen atoms in total. The van der Waals surface area contributed by atoms with Crippen molar-refractivity contribution in [2.24, 2.45) is 5.92 Å². The normalized spacial score (nSPS) is 24.2. The molecule has 1 saturated heterocycles. The molecule has 0 aromatic heterocycles. The van der Waals surface area contributed by atoms with Gasteiger partial charge in [0.1, 0.15) is 0 Å². The van der Waals surface area contributed by atoms with Gasteiger partial charge in [0.15, 0.2) is 0 Å². The molecule has 0 bridgehead atoms. The summed E-state index contributed by atoms with van der Waals surface area (Å²) in [7, 11) is 1.72. The lowest BCUT2D eigenvalue weighted by Gasteiger charge is -2.28. The third-order valence-electron chi connectivity index (χ3n) is 2.19. The van der Waals surface area contributed by atoms with Gasteiger partial charge in [-0.2, -0.15) is 0 Å². The molecular weight excluding hydrogens is 158 g/mol. The number of carboxylic acid groups (broad SMARTS) is 1. The molecule has 0 saturated carbocycles. The van der Waals surface area contributed by atoms with Crippen molar-refractivity contribution in [3.63, 3.8) is 0 Å². The molecule has 0 aliphatic carbocycles. The van der Waals surface area contributed by atoms with E-state index in [9.17, 15) is 9.59 Å². The van der Waals surface area contributed by atoms with Gasteiger partial charge in [0, 0.05) is 19.5 Å². The number of hydrogen-bond donors (Lipinski definition) is 1. The van der Waals surface area contributed by atoms with Crippen LogP contribution in [-0.4, -0.2) is 35.5 Å². The van der Waals surface area contributed by atoms with Crippen molar-refractivity contribution >= 4 is 11.9 Å². The van der Waals surface area contributed by atoms with E-state index in [1.54, 1.807) is 11.9 Å². The van der Waals surface area contributed by atoms with Gasteiger partial charge in [-0.15, -0.1) is 0 Å². The van der Waals surface area contributed by atoms with Crippen LogP contribution in [0.3, 0.4) is 0 Å². The fourth-order valence-corrected chi connectivity index (χ4v) is 1.52. The average molecular weight is 171 g/mol. The fraction of sp³-hybridized carbons (Fsp3) is 0.750. The Bertz CT molecular complexity index is 202. The van der Waals surface area contributed by atoms with E-state index in [4.69, 9.17) is 5.11 Å². The summed E-state index contributed by atoms with van der Waals surface area (Å²) in [4.78, 5) is 23.3. The molecule has 4 heteroatoms. The third-order valence-corrected chi connectivity index (χ3v) is 2.19. The van der Waals surface area contributed by atoms with Gasteiger partial charge in [-0.05, 0) is 12.8 Å². The zero-order chi connectivity index (χ0) is 9.14. The number of amides is 1. The Labute approximate surface area is 71.2 Å². The lowest BCUT2D eigenvalue weighted by Crippen LogP contribution is -2.39. The molecule has 0 spiro atoms. The summed E-state index contributed by atoms with van der Waals surface area (Å²) in [6, 6.07) is 0. The van der Waals surface area contributed by atoms with Crippen molar-refractivity contribution in [1.29, 1.82) is 0 Å². The molecule has 1 N–H and O–H groups in total. The molecule has 0 radical (unpaired) electrons. The molecule has 0 aromatic rings. The quantitative estimate of drug-likeness (QED) is 0.651. The van der Waals surface area contributed by atoms with Gasteiger partial charge in [0.25, 0.3) is 0 Å².